The third kappa shape index (κ3) is 4.52. The number of hydrogen-bond donors (Lipinski definition) is 1. The summed E-state index contributed by atoms with van der Waals surface area (Å²) < 4.78 is 0. The van der Waals surface area contributed by atoms with Gasteiger partial charge in [-0.25, -0.2) is 0 Å². The summed E-state index contributed by atoms with van der Waals surface area (Å²) in [6.07, 6.45) is 3.32. The molecule has 0 saturated carbocycles. The number of nitrogens with one attached hydrogen (secondary N) is 1. The maximum Gasteiger partial charge on any atom is 0.248 e. The third-order valence-electron chi connectivity index (χ3n) is 3.64. The van der Waals surface area contributed by atoms with Crippen molar-refractivity contribution in [3.05, 3.63) is 83.2 Å². The Morgan fingerprint density at radius 3 is 2.32 bits per heavy atom. The number of anilines is 1. The number of rotatable bonds is 5. The fraction of sp³-hybridized carbons (Fsp3) is 0.0476. The van der Waals surface area contributed by atoms with Gasteiger partial charge in [0.05, 0.1) is 0 Å². The minimum atomic E-state index is -0.203. The van der Waals surface area contributed by atoms with Crippen LogP contribution >= 0.6 is 11.3 Å². The average molecular weight is 347 g/mol. The van der Waals surface area contributed by atoms with Crippen LogP contribution in [0.25, 0.3) is 16.5 Å². The lowest BCUT2D eigenvalue weighted by molar-refractivity contribution is -0.111. The second-order valence-corrected chi connectivity index (χ2v) is 6.64. The van der Waals surface area contributed by atoms with Gasteiger partial charge in [-0.3, -0.25) is 9.59 Å². The summed E-state index contributed by atoms with van der Waals surface area (Å²) >= 11 is 1.64. The van der Waals surface area contributed by atoms with Crippen molar-refractivity contribution < 1.29 is 9.59 Å². The summed E-state index contributed by atoms with van der Waals surface area (Å²) in [6.45, 7) is 1.51. The van der Waals surface area contributed by atoms with E-state index in [2.05, 4.69) is 23.5 Å². The number of ketones is 1. The molecular weight excluding hydrogens is 330 g/mol. The van der Waals surface area contributed by atoms with Gasteiger partial charge in [-0.1, -0.05) is 30.3 Å². The molecule has 1 aromatic heterocycles. The van der Waals surface area contributed by atoms with Crippen LogP contribution in [0.5, 0.6) is 0 Å². The molecule has 0 bridgehead atoms. The Labute approximate surface area is 150 Å². The first-order chi connectivity index (χ1) is 12.1. The second kappa shape index (κ2) is 7.73. The molecule has 25 heavy (non-hydrogen) atoms. The molecular formula is C21H17NO2S. The standard InChI is InChI=1S/C21H17NO2S/c1-15(23)16-7-9-18(10-8-16)22-21(24)14-12-19-11-13-20(25-19)17-5-3-2-4-6-17/h2-14H,1H3,(H,22,24)/b14-12+. The smallest absolute Gasteiger partial charge is 0.248 e. The number of carbonyl (C=O) groups is 2. The lowest BCUT2D eigenvalue weighted by Gasteiger charge is -2.02. The zero-order valence-corrected chi connectivity index (χ0v) is 14.5. The molecule has 0 fully saturated rings. The van der Waals surface area contributed by atoms with Crippen molar-refractivity contribution in [2.45, 2.75) is 6.92 Å². The minimum absolute atomic E-state index is 0.00434. The molecule has 0 atom stereocenters. The van der Waals surface area contributed by atoms with Gasteiger partial charge in [-0.2, -0.15) is 0 Å². The van der Waals surface area contributed by atoms with Gasteiger partial charge in [0, 0.05) is 27.1 Å². The first-order valence-electron chi connectivity index (χ1n) is 7.87. The SMILES string of the molecule is CC(=O)c1ccc(NC(=O)/C=C/c2ccc(-c3ccccc3)s2)cc1. The summed E-state index contributed by atoms with van der Waals surface area (Å²) in [5, 5.41) is 2.78. The highest BCUT2D eigenvalue weighted by molar-refractivity contribution is 7.16. The van der Waals surface area contributed by atoms with Gasteiger partial charge in [-0.05, 0) is 55.0 Å². The highest BCUT2D eigenvalue weighted by atomic mass is 32.1. The fourth-order valence-corrected chi connectivity index (χ4v) is 3.25. The van der Waals surface area contributed by atoms with Gasteiger partial charge in [0.1, 0.15) is 0 Å². The molecule has 1 amide bonds. The fourth-order valence-electron chi connectivity index (χ4n) is 2.33. The van der Waals surface area contributed by atoms with Crippen LogP contribution in [0.1, 0.15) is 22.2 Å². The van der Waals surface area contributed by atoms with Crippen molar-refractivity contribution in [1.29, 1.82) is 0 Å². The van der Waals surface area contributed by atoms with Gasteiger partial charge in [0.2, 0.25) is 5.91 Å². The zero-order valence-electron chi connectivity index (χ0n) is 13.7. The molecule has 1 heterocycles. The Morgan fingerprint density at radius 2 is 1.64 bits per heavy atom. The van der Waals surface area contributed by atoms with Crippen molar-refractivity contribution in [1.82, 2.24) is 0 Å². The number of hydrogen-bond acceptors (Lipinski definition) is 3. The van der Waals surface area contributed by atoms with Crippen LogP contribution in [0, 0.1) is 0 Å². The molecule has 3 nitrogen and oxygen atoms in total. The predicted molar refractivity (Wildman–Crippen MR) is 104 cm³/mol. The minimum Gasteiger partial charge on any atom is -0.323 e. The zero-order chi connectivity index (χ0) is 17.6. The molecule has 0 saturated heterocycles. The Bertz CT molecular complexity index is 909. The van der Waals surface area contributed by atoms with E-state index >= 15 is 0 Å². The second-order valence-electron chi connectivity index (χ2n) is 5.52. The van der Waals surface area contributed by atoms with Gasteiger partial charge in [0.25, 0.3) is 0 Å². The number of thiophene rings is 1. The van der Waals surface area contributed by atoms with E-state index in [9.17, 15) is 9.59 Å². The number of Topliss-reactive ketones (excluding diaryl/α,β-unsaturated/α-hetero) is 1. The van der Waals surface area contributed by atoms with Crippen LogP contribution in [0.3, 0.4) is 0 Å². The van der Waals surface area contributed by atoms with Crippen molar-refractivity contribution in [3.8, 4) is 10.4 Å². The molecule has 0 aliphatic carbocycles. The first-order valence-corrected chi connectivity index (χ1v) is 8.69. The molecule has 0 spiro atoms. The third-order valence-corrected chi connectivity index (χ3v) is 4.74. The van der Waals surface area contributed by atoms with Crippen LogP contribution < -0.4 is 5.32 Å². The molecule has 2 aromatic carbocycles. The van der Waals surface area contributed by atoms with Gasteiger partial charge in [0.15, 0.2) is 5.78 Å². The van der Waals surface area contributed by atoms with Crippen molar-refractivity contribution in [2.24, 2.45) is 0 Å². The van der Waals surface area contributed by atoms with Crippen molar-refractivity contribution >= 4 is 34.8 Å². The van der Waals surface area contributed by atoms with Gasteiger partial charge >= 0.3 is 0 Å². The molecule has 124 valence electrons. The maximum absolute atomic E-state index is 12.0. The topological polar surface area (TPSA) is 46.2 Å². The van der Waals surface area contributed by atoms with Crippen LogP contribution in [0.2, 0.25) is 0 Å². The summed E-state index contributed by atoms with van der Waals surface area (Å²) in [4.78, 5) is 25.4. The predicted octanol–water partition coefficient (Wildman–Crippen LogP) is 5.27. The molecule has 3 aromatic rings. The van der Waals surface area contributed by atoms with Crippen LogP contribution in [-0.4, -0.2) is 11.7 Å². The van der Waals surface area contributed by atoms with E-state index in [-0.39, 0.29) is 11.7 Å². The Kier molecular flexibility index (Phi) is 5.21. The highest BCUT2D eigenvalue weighted by Crippen LogP contribution is 2.28. The number of benzene rings is 2. The highest BCUT2D eigenvalue weighted by Gasteiger charge is 2.03. The van der Waals surface area contributed by atoms with E-state index in [0.29, 0.717) is 11.3 Å². The normalized spacial score (nSPS) is 10.8. The first kappa shape index (κ1) is 16.9. The van der Waals surface area contributed by atoms with Gasteiger partial charge < -0.3 is 5.32 Å². The van der Waals surface area contributed by atoms with Gasteiger partial charge in [-0.15, -0.1) is 11.3 Å². The lowest BCUT2D eigenvalue weighted by atomic mass is 10.1. The lowest BCUT2D eigenvalue weighted by Crippen LogP contribution is -2.07. The van der Waals surface area contributed by atoms with E-state index in [4.69, 9.17) is 0 Å². The summed E-state index contributed by atoms with van der Waals surface area (Å²) in [6, 6.07) is 21.0. The molecule has 1 N–H and O–H groups in total. The van der Waals surface area contributed by atoms with E-state index in [1.807, 2.05) is 24.3 Å². The van der Waals surface area contributed by atoms with Crippen LogP contribution in [-0.2, 0) is 4.79 Å². The van der Waals surface area contributed by atoms with E-state index in [1.165, 1.54) is 23.4 Å². The number of amides is 1. The van der Waals surface area contributed by atoms with Crippen molar-refractivity contribution in [3.63, 3.8) is 0 Å². The van der Waals surface area contributed by atoms with Crippen molar-refractivity contribution in [2.75, 3.05) is 5.32 Å². The molecule has 0 radical (unpaired) electrons. The Balaban J connectivity index is 1.63. The Morgan fingerprint density at radius 1 is 0.920 bits per heavy atom. The molecule has 0 aliphatic rings. The summed E-state index contributed by atoms with van der Waals surface area (Å²) in [7, 11) is 0. The molecule has 3 rings (SSSR count). The largest absolute Gasteiger partial charge is 0.323 e. The number of carbonyl (C=O) groups excluding carboxylic acids is 2. The summed E-state index contributed by atoms with van der Waals surface area (Å²) in [5.41, 5.74) is 2.46. The van der Waals surface area contributed by atoms with Crippen LogP contribution in [0.15, 0.2) is 72.8 Å². The van der Waals surface area contributed by atoms with Crippen LogP contribution in [0.4, 0.5) is 5.69 Å². The average Bonchev–Trinajstić information content (AvgIpc) is 3.10. The van der Waals surface area contributed by atoms with E-state index in [1.54, 1.807) is 41.7 Å². The monoisotopic (exact) mass is 347 g/mol. The quantitative estimate of drug-likeness (QED) is 0.505. The molecule has 0 aliphatic heterocycles. The summed E-state index contributed by atoms with van der Waals surface area (Å²) in [5.74, 6) is -0.199. The molecule has 4 heteroatoms. The van der Waals surface area contributed by atoms with E-state index < -0.39 is 0 Å². The Hall–Kier alpha value is -2.98. The maximum atomic E-state index is 12.0. The molecule has 0 unspecified atom stereocenters. The van der Waals surface area contributed by atoms with E-state index in [0.717, 1.165) is 4.88 Å².